The molecule has 1 aromatic carbocycles. The zero-order valence-corrected chi connectivity index (χ0v) is 12.7. The summed E-state index contributed by atoms with van der Waals surface area (Å²) in [6, 6.07) is 7.53. The van der Waals surface area contributed by atoms with Crippen LogP contribution in [0.1, 0.15) is 25.5 Å². The molecular formula is C14H19BrN2O2. The van der Waals surface area contributed by atoms with E-state index in [-0.39, 0.29) is 18.0 Å². The molecule has 2 unspecified atom stereocenters. The monoisotopic (exact) mass is 326 g/mol. The van der Waals surface area contributed by atoms with Gasteiger partial charge in [-0.2, -0.15) is 0 Å². The fourth-order valence-corrected chi connectivity index (χ4v) is 2.82. The summed E-state index contributed by atoms with van der Waals surface area (Å²) in [6.07, 6.45) is 0. The molecule has 1 fully saturated rings. The summed E-state index contributed by atoms with van der Waals surface area (Å²) in [7, 11) is 0. The van der Waals surface area contributed by atoms with Gasteiger partial charge in [-0.15, -0.1) is 0 Å². The van der Waals surface area contributed by atoms with Crippen molar-refractivity contribution in [1.82, 2.24) is 5.32 Å². The van der Waals surface area contributed by atoms with Crippen LogP contribution >= 0.6 is 15.9 Å². The Morgan fingerprint density at radius 3 is 2.84 bits per heavy atom. The second-order valence-electron chi connectivity index (χ2n) is 5.26. The van der Waals surface area contributed by atoms with Crippen molar-refractivity contribution >= 4 is 21.8 Å². The molecule has 3 atom stereocenters. The van der Waals surface area contributed by atoms with Gasteiger partial charge < -0.3 is 15.8 Å². The molecule has 0 saturated carbocycles. The molecule has 0 aromatic heterocycles. The van der Waals surface area contributed by atoms with Crippen LogP contribution in [-0.2, 0) is 9.53 Å². The van der Waals surface area contributed by atoms with Crippen molar-refractivity contribution in [2.75, 3.05) is 13.2 Å². The van der Waals surface area contributed by atoms with E-state index in [9.17, 15) is 4.79 Å². The number of carbonyl (C=O) groups is 1. The van der Waals surface area contributed by atoms with E-state index in [4.69, 9.17) is 10.5 Å². The molecule has 0 radical (unpaired) electrons. The predicted molar refractivity (Wildman–Crippen MR) is 77.6 cm³/mol. The van der Waals surface area contributed by atoms with Crippen LogP contribution in [0.3, 0.4) is 0 Å². The predicted octanol–water partition coefficient (Wildman–Crippen LogP) is 1.99. The van der Waals surface area contributed by atoms with Crippen molar-refractivity contribution in [2.24, 2.45) is 11.1 Å². The molecule has 0 spiro atoms. The highest BCUT2D eigenvalue weighted by atomic mass is 79.9. The Labute approximate surface area is 121 Å². The minimum atomic E-state index is -0.643. The van der Waals surface area contributed by atoms with E-state index >= 15 is 0 Å². The summed E-state index contributed by atoms with van der Waals surface area (Å²) < 4.78 is 6.30. The minimum Gasteiger partial charge on any atom is -0.379 e. The van der Waals surface area contributed by atoms with Gasteiger partial charge in [0.05, 0.1) is 24.7 Å². The molecule has 1 saturated heterocycles. The first-order chi connectivity index (χ1) is 8.95. The van der Waals surface area contributed by atoms with E-state index in [1.807, 2.05) is 38.1 Å². The van der Waals surface area contributed by atoms with Crippen molar-refractivity contribution in [2.45, 2.75) is 25.9 Å². The summed E-state index contributed by atoms with van der Waals surface area (Å²) in [4.78, 5) is 12.4. The molecule has 5 heteroatoms. The molecule has 1 amide bonds. The van der Waals surface area contributed by atoms with Crippen LogP contribution in [0, 0.1) is 5.41 Å². The molecule has 1 heterocycles. The van der Waals surface area contributed by atoms with Gasteiger partial charge in [0.25, 0.3) is 0 Å². The first-order valence-corrected chi connectivity index (χ1v) is 7.13. The average Bonchev–Trinajstić information content (AvgIpc) is 2.71. The fourth-order valence-electron chi connectivity index (χ4n) is 2.19. The lowest BCUT2D eigenvalue weighted by Gasteiger charge is -2.28. The number of nitrogens with one attached hydrogen (secondary N) is 1. The Balaban J connectivity index is 2.09. The highest BCUT2D eigenvalue weighted by molar-refractivity contribution is 9.10. The molecule has 1 aromatic rings. The van der Waals surface area contributed by atoms with Crippen LogP contribution < -0.4 is 11.1 Å². The molecule has 0 bridgehead atoms. The van der Waals surface area contributed by atoms with Crippen molar-refractivity contribution in [3.05, 3.63) is 34.3 Å². The first-order valence-electron chi connectivity index (χ1n) is 6.34. The summed E-state index contributed by atoms with van der Waals surface area (Å²) in [5.74, 6) is -0.0549. The van der Waals surface area contributed by atoms with Gasteiger partial charge in [0.15, 0.2) is 0 Å². The second kappa shape index (κ2) is 5.61. The molecule has 2 rings (SSSR count). The lowest BCUT2D eigenvalue weighted by Crippen LogP contribution is -2.50. The standard InChI is InChI=1S/C14H19BrN2O2/c1-9(10-5-3-4-6-11(10)15)17-13(18)14(2)8-19-7-12(14)16/h3-6,9,12H,7-8,16H2,1-2H3,(H,17,18)/t9-,12?,14?/m0/s1. The fraction of sp³-hybridized carbons (Fsp3) is 0.500. The van der Waals surface area contributed by atoms with Gasteiger partial charge in [0.2, 0.25) is 5.91 Å². The van der Waals surface area contributed by atoms with E-state index in [2.05, 4.69) is 21.2 Å². The number of ether oxygens (including phenoxy) is 1. The SMILES string of the molecule is C[C@H](NC(=O)C1(C)COCC1N)c1ccccc1Br. The van der Waals surface area contributed by atoms with Crippen molar-refractivity contribution in [1.29, 1.82) is 0 Å². The summed E-state index contributed by atoms with van der Waals surface area (Å²) >= 11 is 3.49. The number of hydrogen-bond donors (Lipinski definition) is 2. The van der Waals surface area contributed by atoms with Crippen LogP contribution in [-0.4, -0.2) is 25.2 Å². The third kappa shape index (κ3) is 2.83. The van der Waals surface area contributed by atoms with Gasteiger partial charge in [0.1, 0.15) is 0 Å². The highest BCUT2D eigenvalue weighted by Gasteiger charge is 2.44. The van der Waals surface area contributed by atoms with E-state index < -0.39 is 5.41 Å². The van der Waals surface area contributed by atoms with Crippen LogP contribution in [0.15, 0.2) is 28.7 Å². The lowest BCUT2D eigenvalue weighted by molar-refractivity contribution is -0.131. The first kappa shape index (κ1) is 14.5. The van der Waals surface area contributed by atoms with Gasteiger partial charge in [-0.1, -0.05) is 34.1 Å². The maximum atomic E-state index is 12.4. The quantitative estimate of drug-likeness (QED) is 0.892. The zero-order valence-electron chi connectivity index (χ0n) is 11.2. The van der Waals surface area contributed by atoms with Gasteiger partial charge in [-0.05, 0) is 25.5 Å². The Bertz CT molecular complexity index is 480. The third-order valence-electron chi connectivity index (χ3n) is 3.76. The van der Waals surface area contributed by atoms with Gasteiger partial charge >= 0.3 is 0 Å². The van der Waals surface area contributed by atoms with E-state index in [0.717, 1.165) is 10.0 Å². The number of nitrogens with two attached hydrogens (primary N) is 1. The number of halogens is 1. The normalized spacial score (nSPS) is 28.1. The molecule has 4 nitrogen and oxygen atoms in total. The van der Waals surface area contributed by atoms with E-state index in [1.54, 1.807) is 0 Å². The Morgan fingerprint density at radius 2 is 2.26 bits per heavy atom. The molecule has 19 heavy (non-hydrogen) atoms. The van der Waals surface area contributed by atoms with E-state index in [1.165, 1.54) is 0 Å². The number of carbonyl (C=O) groups excluding carboxylic acids is 1. The number of benzene rings is 1. The maximum absolute atomic E-state index is 12.4. The van der Waals surface area contributed by atoms with Crippen molar-refractivity contribution in [3.63, 3.8) is 0 Å². The maximum Gasteiger partial charge on any atom is 0.230 e. The molecule has 1 aliphatic rings. The molecular weight excluding hydrogens is 308 g/mol. The van der Waals surface area contributed by atoms with Gasteiger partial charge in [-0.25, -0.2) is 0 Å². The van der Waals surface area contributed by atoms with Gasteiger partial charge in [0, 0.05) is 10.5 Å². The molecule has 1 aliphatic heterocycles. The Hall–Kier alpha value is -0.910. The molecule has 3 N–H and O–H groups in total. The average molecular weight is 327 g/mol. The van der Waals surface area contributed by atoms with Crippen LogP contribution in [0.4, 0.5) is 0 Å². The Morgan fingerprint density at radius 1 is 1.58 bits per heavy atom. The van der Waals surface area contributed by atoms with Crippen LogP contribution in [0.2, 0.25) is 0 Å². The lowest BCUT2D eigenvalue weighted by atomic mass is 9.84. The zero-order chi connectivity index (χ0) is 14.0. The van der Waals surface area contributed by atoms with Crippen molar-refractivity contribution in [3.8, 4) is 0 Å². The number of rotatable bonds is 3. The Kier molecular flexibility index (Phi) is 4.28. The number of hydrogen-bond acceptors (Lipinski definition) is 3. The smallest absolute Gasteiger partial charge is 0.230 e. The molecule has 0 aliphatic carbocycles. The van der Waals surface area contributed by atoms with Gasteiger partial charge in [-0.3, -0.25) is 4.79 Å². The summed E-state index contributed by atoms with van der Waals surface area (Å²) in [6.45, 7) is 4.63. The van der Waals surface area contributed by atoms with Crippen molar-refractivity contribution < 1.29 is 9.53 Å². The number of amides is 1. The van der Waals surface area contributed by atoms with E-state index in [0.29, 0.717) is 13.2 Å². The summed E-state index contributed by atoms with van der Waals surface area (Å²) in [5, 5.41) is 3.02. The third-order valence-corrected chi connectivity index (χ3v) is 4.48. The van der Waals surface area contributed by atoms with Crippen LogP contribution in [0.5, 0.6) is 0 Å². The van der Waals surface area contributed by atoms with Crippen LogP contribution in [0.25, 0.3) is 0 Å². The second-order valence-corrected chi connectivity index (χ2v) is 6.11. The summed E-state index contributed by atoms with van der Waals surface area (Å²) in [5.41, 5.74) is 6.37. The largest absolute Gasteiger partial charge is 0.379 e. The highest BCUT2D eigenvalue weighted by Crippen LogP contribution is 2.29. The minimum absolute atomic E-state index is 0.0549. The molecule has 104 valence electrons. The topological polar surface area (TPSA) is 64.3 Å².